The van der Waals surface area contributed by atoms with Crippen LogP contribution in [0, 0.1) is 6.92 Å². The largest absolute Gasteiger partial charge is 0.317 e. The summed E-state index contributed by atoms with van der Waals surface area (Å²) in [5.41, 5.74) is 2.74. The molecule has 0 aliphatic rings. The Kier molecular flexibility index (Phi) is 6.90. The Bertz CT molecular complexity index is 292. The first kappa shape index (κ1) is 14.2. The molecule has 1 N–H and O–H groups in total. The smallest absolute Gasteiger partial charge is 0.0230 e. The third kappa shape index (κ3) is 6.44. The maximum absolute atomic E-state index is 3.44. The van der Waals surface area contributed by atoms with E-state index in [0.717, 1.165) is 26.2 Å². The van der Waals surface area contributed by atoms with Crippen molar-refractivity contribution >= 4 is 0 Å². The summed E-state index contributed by atoms with van der Waals surface area (Å²) in [6.07, 6.45) is 2.45. The predicted molar refractivity (Wildman–Crippen MR) is 75.3 cm³/mol. The quantitative estimate of drug-likeness (QED) is 0.696. The van der Waals surface area contributed by atoms with Gasteiger partial charge < -0.3 is 10.2 Å². The maximum atomic E-state index is 3.44. The van der Waals surface area contributed by atoms with Gasteiger partial charge in [-0.15, -0.1) is 0 Å². The van der Waals surface area contributed by atoms with Crippen LogP contribution in [-0.4, -0.2) is 31.6 Å². The monoisotopic (exact) mass is 234 g/mol. The molecule has 0 bridgehead atoms. The van der Waals surface area contributed by atoms with Gasteiger partial charge in [0.25, 0.3) is 0 Å². The Hall–Kier alpha value is -0.860. The van der Waals surface area contributed by atoms with Crippen molar-refractivity contribution in [3.8, 4) is 0 Å². The Balaban J connectivity index is 2.16. The molecule has 0 aliphatic heterocycles. The summed E-state index contributed by atoms with van der Waals surface area (Å²) in [5, 5.41) is 3.44. The summed E-state index contributed by atoms with van der Waals surface area (Å²) in [4.78, 5) is 2.39. The first-order valence-electron chi connectivity index (χ1n) is 6.67. The van der Waals surface area contributed by atoms with Crippen LogP contribution < -0.4 is 5.32 Å². The number of nitrogens with one attached hydrogen (secondary N) is 1. The number of benzene rings is 1. The highest BCUT2D eigenvalue weighted by Crippen LogP contribution is 2.05. The van der Waals surface area contributed by atoms with E-state index in [4.69, 9.17) is 0 Å². The summed E-state index contributed by atoms with van der Waals surface area (Å²) in [6.45, 7) is 8.82. The molecule has 0 fully saturated rings. The van der Waals surface area contributed by atoms with Crippen LogP contribution in [0.1, 0.15) is 30.9 Å². The van der Waals surface area contributed by atoms with E-state index in [2.05, 4.69) is 55.4 Å². The van der Waals surface area contributed by atoms with Crippen LogP contribution in [-0.2, 0) is 6.54 Å². The molecule has 0 spiro atoms. The minimum atomic E-state index is 1.05. The minimum Gasteiger partial charge on any atom is -0.317 e. The molecule has 0 unspecified atom stereocenters. The molecular weight excluding hydrogens is 208 g/mol. The van der Waals surface area contributed by atoms with E-state index in [-0.39, 0.29) is 0 Å². The van der Waals surface area contributed by atoms with Crippen molar-refractivity contribution in [1.29, 1.82) is 0 Å². The van der Waals surface area contributed by atoms with E-state index < -0.39 is 0 Å². The third-order valence-corrected chi connectivity index (χ3v) is 2.89. The standard InChI is InChI=1S/C15H26N2/c1-4-10-16-11-5-12-17(3)13-15-8-6-14(2)7-9-15/h6-9,16H,4-5,10-13H2,1-3H3. The SMILES string of the molecule is CCCNCCCN(C)Cc1ccc(C)cc1. The summed E-state index contributed by atoms with van der Waals surface area (Å²) in [5.74, 6) is 0. The molecule has 17 heavy (non-hydrogen) atoms. The maximum Gasteiger partial charge on any atom is 0.0230 e. The number of hydrogen-bond donors (Lipinski definition) is 1. The molecule has 1 aromatic carbocycles. The van der Waals surface area contributed by atoms with Crippen LogP contribution in [0.5, 0.6) is 0 Å². The van der Waals surface area contributed by atoms with Gasteiger partial charge in [-0.1, -0.05) is 36.8 Å². The van der Waals surface area contributed by atoms with Crippen LogP contribution in [0.2, 0.25) is 0 Å². The lowest BCUT2D eigenvalue weighted by molar-refractivity contribution is 0.320. The Morgan fingerprint density at radius 1 is 1.12 bits per heavy atom. The van der Waals surface area contributed by atoms with Crippen LogP contribution >= 0.6 is 0 Å². The predicted octanol–water partition coefficient (Wildman–Crippen LogP) is 2.82. The number of nitrogens with zero attached hydrogens (tertiary/aromatic N) is 1. The van der Waals surface area contributed by atoms with Gasteiger partial charge in [0.2, 0.25) is 0 Å². The number of hydrogen-bond acceptors (Lipinski definition) is 2. The summed E-state index contributed by atoms with van der Waals surface area (Å²) < 4.78 is 0. The summed E-state index contributed by atoms with van der Waals surface area (Å²) in [7, 11) is 2.19. The lowest BCUT2D eigenvalue weighted by Gasteiger charge is -2.16. The van der Waals surface area contributed by atoms with Crippen molar-refractivity contribution in [2.24, 2.45) is 0 Å². The molecular formula is C15H26N2. The highest BCUT2D eigenvalue weighted by atomic mass is 15.1. The molecule has 1 aromatic rings. The summed E-state index contributed by atoms with van der Waals surface area (Å²) in [6, 6.07) is 8.82. The van der Waals surface area contributed by atoms with E-state index in [1.54, 1.807) is 0 Å². The molecule has 96 valence electrons. The average molecular weight is 234 g/mol. The molecule has 0 saturated heterocycles. The molecule has 0 atom stereocenters. The summed E-state index contributed by atoms with van der Waals surface area (Å²) >= 11 is 0. The van der Waals surface area contributed by atoms with Gasteiger partial charge in [-0.05, 0) is 52.0 Å². The van der Waals surface area contributed by atoms with Gasteiger partial charge >= 0.3 is 0 Å². The molecule has 2 heteroatoms. The van der Waals surface area contributed by atoms with Gasteiger partial charge in [0.1, 0.15) is 0 Å². The highest BCUT2D eigenvalue weighted by Gasteiger charge is 1.99. The first-order chi connectivity index (χ1) is 8.22. The van der Waals surface area contributed by atoms with Crippen molar-refractivity contribution in [2.45, 2.75) is 33.2 Å². The van der Waals surface area contributed by atoms with E-state index in [1.807, 2.05) is 0 Å². The van der Waals surface area contributed by atoms with Crippen LogP contribution in [0.15, 0.2) is 24.3 Å². The van der Waals surface area contributed by atoms with Crippen LogP contribution in [0.4, 0.5) is 0 Å². The van der Waals surface area contributed by atoms with E-state index >= 15 is 0 Å². The van der Waals surface area contributed by atoms with Gasteiger partial charge in [0.15, 0.2) is 0 Å². The molecule has 2 nitrogen and oxygen atoms in total. The highest BCUT2D eigenvalue weighted by molar-refractivity contribution is 5.21. The second-order valence-electron chi connectivity index (χ2n) is 4.83. The van der Waals surface area contributed by atoms with Crippen molar-refractivity contribution in [1.82, 2.24) is 10.2 Å². The molecule has 0 aromatic heterocycles. The molecule has 0 saturated carbocycles. The van der Waals surface area contributed by atoms with Crippen molar-refractivity contribution < 1.29 is 0 Å². The van der Waals surface area contributed by atoms with Crippen molar-refractivity contribution in [3.05, 3.63) is 35.4 Å². The fourth-order valence-electron chi connectivity index (χ4n) is 1.86. The fourth-order valence-corrected chi connectivity index (χ4v) is 1.86. The van der Waals surface area contributed by atoms with E-state index in [1.165, 1.54) is 24.0 Å². The van der Waals surface area contributed by atoms with Crippen LogP contribution in [0.3, 0.4) is 0 Å². The van der Waals surface area contributed by atoms with Gasteiger partial charge in [-0.2, -0.15) is 0 Å². The van der Waals surface area contributed by atoms with E-state index in [9.17, 15) is 0 Å². The van der Waals surface area contributed by atoms with Gasteiger partial charge in [0, 0.05) is 6.54 Å². The minimum absolute atomic E-state index is 1.05. The Labute approximate surface area is 106 Å². The Morgan fingerprint density at radius 2 is 1.82 bits per heavy atom. The first-order valence-corrected chi connectivity index (χ1v) is 6.67. The van der Waals surface area contributed by atoms with Crippen molar-refractivity contribution in [2.75, 3.05) is 26.7 Å². The average Bonchev–Trinajstić information content (AvgIpc) is 2.32. The van der Waals surface area contributed by atoms with Gasteiger partial charge in [-0.3, -0.25) is 0 Å². The zero-order chi connectivity index (χ0) is 12.5. The van der Waals surface area contributed by atoms with Crippen molar-refractivity contribution in [3.63, 3.8) is 0 Å². The normalized spacial score (nSPS) is 11.1. The lowest BCUT2D eigenvalue weighted by atomic mass is 10.1. The zero-order valence-corrected chi connectivity index (χ0v) is 11.5. The third-order valence-electron chi connectivity index (χ3n) is 2.89. The molecule has 0 heterocycles. The second-order valence-corrected chi connectivity index (χ2v) is 4.83. The zero-order valence-electron chi connectivity index (χ0n) is 11.5. The van der Waals surface area contributed by atoms with Gasteiger partial charge in [0.05, 0.1) is 0 Å². The topological polar surface area (TPSA) is 15.3 Å². The molecule has 0 radical (unpaired) electrons. The Morgan fingerprint density at radius 3 is 2.47 bits per heavy atom. The number of rotatable bonds is 8. The number of aryl methyl sites for hydroxylation is 1. The van der Waals surface area contributed by atoms with Gasteiger partial charge in [-0.25, -0.2) is 0 Å². The fraction of sp³-hybridized carbons (Fsp3) is 0.600. The van der Waals surface area contributed by atoms with Crippen LogP contribution in [0.25, 0.3) is 0 Å². The molecule has 0 aliphatic carbocycles. The second kappa shape index (κ2) is 8.26. The molecule has 0 amide bonds. The lowest BCUT2D eigenvalue weighted by Crippen LogP contribution is -2.24. The molecule has 1 rings (SSSR count). The van der Waals surface area contributed by atoms with E-state index in [0.29, 0.717) is 0 Å².